The summed E-state index contributed by atoms with van der Waals surface area (Å²) in [5.41, 5.74) is 2.53. The normalized spacial score (nSPS) is 17.1. The highest BCUT2D eigenvalue weighted by Gasteiger charge is 2.26. The van der Waals surface area contributed by atoms with Crippen LogP contribution >= 0.6 is 7.82 Å². The number of quaternary nitrogens is 1. The van der Waals surface area contributed by atoms with Crippen molar-refractivity contribution < 1.29 is 23.4 Å². The van der Waals surface area contributed by atoms with E-state index in [2.05, 4.69) is 6.07 Å². The summed E-state index contributed by atoms with van der Waals surface area (Å²) in [6.45, 7) is 4.08. The van der Waals surface area contributed by atoms with E-state index in [-0.39, 0.29) is 5.92 Å². The fraction of sp³-hybridized carbons (Fsp3) is 0.562. The second kappa shape index (κ2) is 7.57. The van der Waals surface area contributed by atoms with Crippen LogP contribution in [0.4, 0.5) is 0 Å². The molecule has 23 heavy (non-hydrogen) atoms. The minimum atomic E-state index is -4.85. The van der Waals surface area contributed by atoms with E-state index in [0.29, 0.717) is 23.0 Å². The van der Waals surface area contributed by atoms with Crippen LogP contribution in [-0.4, -0.2) is 37.1 Å². The van der Waals surface area contributed by atoms with Gasteiger partial charge in [-0.1, -0.05) is 18.2 Å². The van der Waals surface area contributed by atoms with Gasteiger partial charge in [0, 0.05) is 5.92 Å². The first kappa shape index (κ1) is 19.8. The second-order valence-electron chi connectivity index (χ2n) is 6.96. The summed E-state index contributed by atoms with van der Waals surface area (Å²) in [6, 6.07) is 7.85. The number of hydrogen-bond acceptors (Lipinski definition) is 4. The quantitative estimate of drug-likeness (QED) is 0.604. The number of hydrogen-bond donors (Lipinski definition) is 1. The van der Waals surface area contributed by atoms with E-state index in [4.69, 9.17) is 14.7 Å². The van der Waals surface area contributed by atoms with Crippen LogP contribution in [0.5, 0.6) is 0 Å². The first-order valence-electron chi connectivity index (χ1n) is 7.43. The van der Waals surface area contributed by atoms with E-state index < -0.39 is 13.9 Å². The number of aryl methyl sites for hydroxylation is 1. The third-order valence-corrected chi connectivity index (χ3v) is 3.95. The van der Waals surface area contributed by atoms with Gasteiger partial charge in [0.1, 0.15) is 12.6 Å². The minimum absolute atomic E-state index is 0.133. The van der Waals surface area contributed by atoms with Crippen LogP contribution in [-0.2, 0) is 15.5 Å². The zero-order valence-corrected chi connectivity index (χ0v) is 15.2. The van der Waals surface area contributed by atoms with Gasteiger partial charge in [0.2, 0.25) is 0 Å². The van der Waals surface area contributed by atoms with Gasteiger partial charge < -0.3 is 18.8 Å². The number of phosphoric ester groups is 1. The van der Waals surface area contributed by atoms with Crippen molar-refractivity contribution in [3.8, 4) is 6.07 Å². The van der Waals surface area contributed by atoms with Crippen LogP contribution < -0.4 is 4.89 Å². The SMILES string of the molecule is Cc1ccc(CC(C)C#N)cc1C(C[N+](C)(C)C)OP(=O)([O-])O. The summed E-state index contributed by atoms with van der Waals surface area (Å²) in [7, 11) is 0.897. The van der Waals surface area contributed by atoms with Crippen molar-refractivity contribution in [2.45, 2.75) is 26.4 Å². The standard InChI is InChI=1S/C16H25N2O4P/c1-12(10-17)8-14-7-6-13(2)15(9-14)16(11-18(3,4)5)22-23(19,20)21/h6-7,9,12,16H,8,11H2,1-5H3,(H-,19,20,21). The molecule has 0 saturated carbocycles. The van der Waals surface area contributed by atoms with Crippen molar-refractivity contribution in [2.75, 3.05) is 27.7 Å². The lowest BCUT2D eigenvalue weighted by Crippen LogP contribution is -2.39. The Morgan fingerprint density at radius 1 is 1.43 bits per heavy atom. The van der Waals surface area contributed by atoms with Crippen molar-refractivity contribution in [1.29, 1.82) is 5.26 Å². The fourth-order valence-electron chi connectivity index (χ4n) is 2.41. The Morgan fingerprint density at radius 3 is 2.52 bits per heavy atom. The van der Waals surface area contributed by atoms with Crippen LogP contribution in [0.25, 0.3) is 0 Å². The van der Waals surface area contributed by atoms with E-state index in [1.165, 1.54) is 0 Å². The molecule has 3 unspecified atom stereocenters. The number of likely N-dealkylation sites (N-methyl/N-ethyl adjacent to an activating group) is 1. The number of benzene rings is 1. The molecule has 3 atom stereocenters. The van der Waals surface area contributed by atoms with Crippen LogP contribution in [0.2, 0.25) is 0 Å². The smallest absolute Gasteiger partial charge is 0.266 e. The van der Waals surface area contributed by atoms with E-state index >= 15 is 0 Å². The Hall–Kier alpha value is -1.22. The van der Waals surface area contributed by atoms with Gasteiger partial charge >= 0.3 is 0 Å². The third kappa shape index (κ3) is 7.26. The molecule has 1 N–H and O–H groups in total. The molecule has 0 fully saturated rings. The lowest BCUT2D eigenvalue weighted by Gasteiger charge is -2.32. The van der Waals surface area contributed by atoms with Crippen molar-refractivity contribution in [3.05, 3.63) is 34.9 Å². The van der Waals surface area contributed by atoms with E-state index in [0.717, 1.165) is 11.1 Å². The predicted molar refractivity (Wildman–Crippen MR) is 86.2 cm³/mol. The maximum Gasteiger partial charge on any atom is 0.266 e. The highest BCUT2D eigenvalue weighted by Crippen LogP contribution is 2.40. The Labute approximate surface area is 138 Å². The first-order valence-corrected chi connectivity index (χ1v) is 8.92. The van der Waals surface area contributed by atoms with E-state index in [1.807, 2.05) is 53.2 Å². The van der Waals surface area contributed by atoms with E-state index in [1.54, 1.807) is 0 Å². The minimum Gasteiger partial charge on any atom is -0.756 e. The largest absolute Gasteiger partial charge is 0.756 e. The molecule has 128 valence electrons. The molecular weight excluding hydrogens is 315 g/mol. The third-order valence-electron chi connectivity index (χ3n) is 3.43. The van der Waals surface area contributed by atoms with Crippen LogP contribution in [0.3, 0.4) is 0 Å². The molecule has 7 heteroatoms. The highest BCUT2D eigenvalue weighted by atomic mass is 31.2. The van der Waals surface area contributed by atoms with Crippen molar-refractivity contribution in [1.82, 2.24) is 0 Å². The fourth-order valence-corrected chi connectivity index (χ4v) is 2.91. The zero-order valence-electron chi connectivity index (χ0n) is 14.3. The summed E-state index contributed by atoms with van der Waals surface area (Å²) >= 11 is 0. The first-order chi connectivity index (χ1) is 10.4. The summed E-state index contributed by atoms with van der Waals surface area (Å²) in [6.07, 6.45) is -0.199. The summed E-state index contributed by atoms with van der Waals surface area (Å²) in [5.74, 6) is -0.133. The molecule has 0 aliphatic rings. The molecule has 0 aliphatic heterocycles. The van der Waals surface area contributed by atoms with Gasteiger partial charge in [-0.05, 0) is 37.0 Å². The van der Waals surface area contributed by atoms with Gasteiger partial charge in [0.15, 0.2) is 0 Å². The molecule has 0 aromatic heterocycles. The average molecular weight is 340 g/mol. The summed E-state index contributed by atoms with van der Waals surface area (Å²) in [5, 5.41) is 8.95. The predicted octanol–water partition coefficient (Wildman–Crippen LogP) is 1.92. The lowest BCUT2D eigenvalue weighted by molar-refractivity contribution is -0.874. The zero-order chi connectivity index (χ0) is 17.8. The lowest BCUT2D eigenvalue weighted by atomic mass is 9.95. The van der Waals surface area contributed by atoms with E-state index in [9.17, 15) is 9.46 Å². The summed E-state index contributed by atoms with van der Waals surface area (Å²) in [4.78, 5) is 20.3. The molecule has 0 radical (unpaired) electrons. The van der Waals surface area contributed by atoms with Crippen molar-refractivity contribution in [2.24, 2.45) is 5.92 Å². The Morgan fingerprint density at radius 2 is 2.04 bits per heavy atom. The molecule has 0 bridgehead atoms. The molecular formula is C16H25N2O4P. The molecule has 0 spiro atoms. The summed E-state index contributed by atoms with van der Waals surface area (Å²) < 4.78 is 16.6. The van der Waals surface area contributed by atoms with Gasteiger partial charge in [-0.3, -0.25) is 4.57 Å². The monoisotopic (exact) mass is 340 g/mol. The van der Waals surface area contributed by atoms with Crippen LogP contribution in [0.15, 0.2) is 18.2 Å². The maximum absolute atomic E-state index is 11.2. The Kier molecular flexibility index (Phi) is 6.52. The molecule has 1 aromatic carbocycles. The van der Waals surface area contributed by atoms with Gasteiger partial charge in [-0.25, -0.2) is 0 Å². The second-order valence-corrected chi connectivity index (χ2v) is 8.11. The van der Waals surface area contributed by atoms with Crippen molar-refractivity contribution >= 4 is 7.82 Å². The maximum atomic E-state index is 11.2. The van der Waals surface area contributed by atoms with Gasteiger partial charge in [-0.2, -0.15) is 5.26 Å². The number of nitriles is 1. The number of nitrogens with zero attached hydrogens (tertiary/aromatic N) is 2. The van der Waals surface area contributed by atoms with Gasteiger partial charge in [0.05, 0.1) is 27.2 Å². The van der Waals surface area contributed by atoms with Gasteiger partial charge in [0.25, 0.3) is 7.82 Å². The van der Waals surface area contributed by atoms with Crippen LogP contribution in [0, 0.1) is 24.2 Å². The average Bonchev–Trinajstić information content (AvgIpc) is 2.36. The molecule has 1 rings (SSSR count). The molecule has 6 nitrogen and oxygen atoms in total. The molecule has 0 heterocycles. The topological polar surface area (TPSA) is 93.4 Å². The molecule has 0 saturated heterocycles. The Bertz CT molecular complexity index is 628. The number of rotatable bonds is 7. The molecule has 0 aliphatic carbocycles. The van der Waals surface area contributed by atoms with Crippen LogP contribution in [0.1, 0.15) is 29.7 Å². The molecule has 1 aromatic rings. The highest BCUT2D eigenvalue weighted by molar-refractivity contribution is 7.44. The van der Waals surface area contributed by atoms with Gasteiger partial charge in [-0.15, -0.1) is 0 Å². The number of phosphoric acid groups is 1. The Balaban J connectivity index is 3.20. The molecule has 0 amide bonds. The van der Waals surface area contributed by atoms with Crippen molar-refractivity contribution in [3.63, 3.8) is 0 Å².